The number of aryl methyl sites for hydroxylation is 1. The lowest BCUT2D eigenvalue weighted by molar-refractivity contribution is 0.0114. The smallest absolute Gasteiger partial charge is 0.122 e. The van der Waals surface area contributed by atoms with Crippen molar-refractivity contribution < 1.29 is 9.15 Å². The van der Waals surface area contributed by atoms with Crippen molar-refractivity contribution in [3.05, 3.63) is 35.8 Å². The van der Waals surface area contributed by atoms with Crippen LogP contribution in [0.25, 0.3) is 0 Å². The van der Waals surface area contributed by atoms with Crippen LogP contribution in [0, 0.1) is 12.8 Å². The van der Waals surface area contributed by atoms with E-state index >= 15 is 0 Å². The molecule has 1 fully saturated rings. The molecule has 2 atom stereocenters. The molecule has 0 amide bonds. The van der Waals surface area contributed by atoms with E-state index in [2.05, 4.69) is 34.5 Å². The molecular formula is C18H28N2O2. The maximum Gasteiger partial charge on any atom is 0.122 e. The number of morpholine rings is 1. The lowest BCUT2D eigenvalue weighted by atomic mass is 9.94. The number of furan rings is 1. The molecule has 2 aliphatic rings. The molecule has 0 radical (unpaired) electrons. The van der Waals surface area contributed by atoms with Gasteiger partial charge in [-0.05, 0) is 50.8 Å². The van der Waals surface area contributed by atoms with Crippen molar-refractivity contribution >= 4 is 0 Å². The van der Waals surface area contributed by atoms with Gasteiger partial charge in [-0.15, -0.1) is 0 Å². The van der Waals surface area contributed by atoms with E-state index in [1.165, 1.54) is 19.3 Å². The van der Waals surface area contributed by atoms with Crippen LogP contribution in [0.4, 0.5) is 0 Å². The fraction of sp³-hybridized carbons (Fsp3) is 0.667. The largest absolute Gasteiger partial charge is 0.465 e. The second-order valence-electron chi connectivity index (χ2n) is 6.42. The van der Waals surface area contributed by atoms with Gasteiger partial charge in [0.1, 0.15) is 11.5 Å². The van der Waals surface area contributed by atoms with Gasteiger partial charge in [-0.3, -0.25) is 4.90 Å². The Hall–Kier alpha value is -1.10. The van der Waals surface area contributed by atoms with Crippen LogP contribution in [0.15, 0.2) is 28.7 Å². The zero-order valence-corrected chi connectivity index (χ0v) is 13.6. The highest BCUT2D eigenvalue weighted by molar-refractivity contribution is 5.11. The van der Waals surface area contributed by atoms with Crippen LogP contribution in [0.1, 0.15) is 36.8 Å². The fourth-order valence-electron chi connectivity index (χ4n) is 3.40. The summed E-state index contributed by atoms with van der Waals surface area (Å²) in [4.78, 5) is 2.48. The Morgan fingerprint density at radius 3 is 2.82 bits per heavy atom. The van der Waals surface area contributed by atoms with Gasteiger partial charge in [-0.1, -0.05) is 12.2 Å². The molecule has 1 aromatic heterocycles. The third-order valence-corrected chi connectivity index (χ3v) is 4.72. The van der Waals surface area contributed by atoms with Gasteiger partial charge in [0.2, 0.25) is 0 Å². The summed E-state index contributed by atoms with van der Waals surface area (Å²) in [6.07, 6.45) is 8.39. The molecule has 1 aromatic rings. The van der Waals surface area contributed by atoms with Gasteiger partial charge >= 0.3 is 0 Å². The molecule has 0 aromatic carbocycles. The van der Waals surface area contributed by atoms with E-state index in [0.29, 0.717) is 6.04 Å². The van der Waals surface area contributed by atoms with Crippen LogP contribution < -0.4 is 5.32 Å². The van der Waals surface area contributed by atoms with Crippen molar-refractivity contribution in [3.8, 4) is 0 Å². The number of rotatable bonds is 6. The summed E-state index contributed by atoms with van der Waals surface area (Å²) in [5.74, 6) is 2.86. The fourth-order valence-corrected chi connectivity index (χ4v) is 3.40. The van der Waals surface area contributed by atoms with Gasteiger partial charge in [0.25, 0.3) is 0 Å². The first-order valence-electron chi connectivity index (χ1n) is 8.57. The molecule has 4 nitrogen and oxygen atoms in total. The first kappa shape index (κ1) is 15.8. The first-order valence-corrected chi connectivity index (χ1v) is 8.57. The predicted octanol–water partition coefficient (Wildman–Crippen LogP) is 2.91. The van der Waals surface area contributed by atoms with E-state index in [1.54, 1.807) is 0 Å². The van der Waals surface area contributed by atoms with Crippen LogP contribution >= 0.6 is 0 Å². The zero-order valence-electron chi connectivity index (χ0n) is 13.6. The Morgan fingerprint density at radius 1 is 1.27 bits per heavy atom. The van der Waals surface area contributed by atoms with Crippen molar-refractivity contribution in [2.45, 2.75) is 32.2 Å². The molecule has 3 rings (SSSR count). The number of nitrogens with one attached hydrogen (secondary N) is 1. The molecule has 0 spiro atoms. The van der Waals surface area contributed by atoms with Gasteiger partial charge in [0.15, 0.2) is 0 Å². The third-order valence-electron chi connectivity index (χ3n) is 4.72. The molecule has 1 aliphatic carbocycles. The number of ether oxygens (including phenoxy) is 1. The lowest BCUT2D eigenvalue weighted by Gasteiger charge is -2.34. The van der Waals surface area contributed by atoms with E-state index in [9.17, 15) is 0 Å². The second-order valence-corrected chi connectivity index (χ2v) is 6.42. The first-order chi connectivity index (χ1) is 10.8. The van der Waals surface area contributed by atoms with Crippen molar-refractivity contribution in [1.29, 1.82) is 0 Å². The number of allylic oxidation sites excluding steroid dienone is 2. The van der Waals surface area contributed by atoms with Crippen molar-refractivity contribution in [2.75, 3.05) is 39.4 Å². The topological polar surface area (TPSA) is 37.6 Å². The summed E-state index contributed by atoms with van der Waals surface area (Å²) in [6.45, 7) is 7.68. The van der Waals surface area contributed by atoms with Crippen LogP contribution in [-0.4, -0.2) is 44.3 Å². The van der Waals surface area contributed by atoms with Crippen LogP contribution in [0.2, 0.25) is 0 Å². The van der Waals surface area contributed by atoms with Crippen LogP contribution in [0.3, 0.4) is 0 Å². The van der Waals surface area contributed by atoms with Crippen LogP contribution in [0.5, 0.6) is 0 Å². The minimum Gasteiger partial charge on any atom is -0.465 e. The van der Waals surface area contributed by atoms with Gasteiger partial charge in [0.05, 0.1) is 19.3 Å². The molecule has 2 heterocycles. The summed E-state index contributed by atoms with van der Waals surface area (Å²) >= 11 is 0. The Morgan fingerprint density at radius 2 is 2.14 bits per heavy atom. The summed E-state index contributed by atoms with van der Waals surface area (Å²) < 4.78 is 11.4. The predicted molar refractivity (Wildman–Crippen MR) is 87.9 cm³/mol. The third kappa shape index (κ3) is 4.22. The van der Waals surface area contributed by atoms with Crippen molar-refractivity contribution in [1.82, 2.24) is 10.2 Å². The summed E-state index contributed by atoms with van der Waals surface area (Å²) in [5.41, 5.74) is 0. The van der Waals surface area contributed by atoms with Gasteiger partial charge in [0, 0.05) is 19.6 Å². The second kappa shape index (κ2) is 7.95. The maximum absolute atomic E-state index is 5.91. The number of hydrogen-bond donors (Lipinski definition) is 1. The number of nitrogens with zero attached hydrogens (tertiary/aromatic N) is 1. The van der Waals surface area contributed by atoms with Crippen molar-refractivity contribution in [2.24, 2.45) is 5.92 Å². The SMILES string of the molecule is Cc1ccc(C(CNCC2CC=CCC2)N2CCOCC2)o1. The van der Waals surface area contributed by atoms with Gasteiger partial charge in [-0.2, -0.15) is 0 Å². The number of hydrogen-bond acceptors (Lipinski definition) is 4. The van der Waals surface area contributed by atoms with Crippen molar-refractivity contribution in [3.63, 3.8) is 0 Å². The molecule has 2 unspecified atom stereocenters. The minimum atomic E-state index is 0.316. The standard InChI is InChI=1S/C18H28N2O2/c1-15-7-8-18(22-15)17(20-9-11-21-12-10-20)14-19-13-16-5-3-2-4-6-16/h2-3,7-8,16-17,19H,4-6,9-14H2,1H3. The summed E-state index contributed by atoms with van der Waals surface area (Å²) in [6, 6.07) is 4.51. The monoisotopic (exact) mass is 304 g/mol. The summed E-state index contributed by atoms with van der Waals surface area (Å²) in [5, 5.41) is 3.68. The minimum absolute atomic E-state index is 0.316. The molecule has 1 aliphatic heterocycles. The Bertz CT molecular complexity index is 477. The van der Waals surface area contributed by atoms with E-state index < -0.39 is 0 Å². The highest BCUT2D eigenvalue weighted by Crippen LogP contribution is 2.24. The Kier molecular flexibility index (Phi) is 5.70. The summed E-state index contributed by atoms with van der Waals surface area (Å²) in [7, 11) is 0. The highest BCUT2D eigenvalue weighted by atomic mass is 16.5. The van der Waals surface area contributed by atoms with Gasteiger partial charge < -0.3 is 14.5 Å². The molecule has 4 heteroatoms. The van der Waals surface area contributed by atoms with E-state index in [0.717, 1.165) is 56.8 Å². The zero-order chi connectivity index (χ0) is 15.2. The average Bonchev–Trinajstić information content (AvgIpc) is 2.99. The molecule has 22 heavy (non-hydrogen) atoms. The maximum atomic E-state index is 5.91. The molecule has 0 bridgehead atoms. The Labute approximate surface area is 133 Å². The van der Waals surface area contributed by atoms with E-state index in [4.69, 9.17) is 9.15 Å². The van der Waals surface area contributed by atoms with Gasteiger partial charge in [-0.25, -0.2) is 0 Å². The highest BCUT2D eigenvalue weighted by Gasteiger charge is 2.25. The molecule has 1 saturated heterocycles. The normalized spacial score (nSPS) is 24.5. The lowest BCUT2D eigenvalue weighted by Crippen LogP contribution is -2.43. The molecule has 0 saturated carbocycles. The van der Waals surface area contributed by atoms with E-state index in [-0.39, 0.29) is 0 Å². The molecular weight excluding hydrogens is 276 g/mol. The Balaban J connectivity index is 1.57. The molecule has 122 valence electrons. The molecule has 1 N–H and O–H groups in total. The van der Waals surface area contributed by atoms with E-state index in [1.807, 2.05) is 6.92 Å². The average molecular weight is 304 g/mol. The van der Waals surface area contributed by atoms with Crippen LogP contribution in [-0.2, 0) is 4.74 Å². The quantitative estimate of drug-likeness (QED) is 0.820.